The number of aromatic nitrogens is 4. The average molecular weight is 1130 g/mol. The minimum Gasteiger partial charge on any atom is -0.507 e. The number of nitrogen functional groups attached to an aromatic ring is 1. The number of aliphatic hydroxyl groups excluding tert-OH is 1. The number of aliphatic hydroxyl groups is 1. The van der Waals surface area contributed by atoms with E-state index in [0.29, 0.717) is 52.3 Å². The Kier molecular flexibility index (Phi) is 15.7. The second-order valence-corrected chi connectivity index (χ2v) is 26.7. The lowest BCUT2D eigenvalue weighted by atomic mass is 9.60. The largest absolute Gasteiger partial charge is 0.507 e. The highest BCUT2D eigenvalue weighted by Gasteiger charge is 2.54. The Balaban J connectivity index is 0.588. The second-order valence-electron chi connectivity index (χ2n) is 25.8. The van der Waals surface area contributed by atoms with Gasteiger partial charge in [-0.05, 0) is 139 Å². The minimum absolute atomic E-state index is 0.0935. The van der Waals surface area contributed by atoms with E-state index >= 15 is 0 Å². The number of aromatic hydroxyl groups is 1. The Labute approximate surface area is 481 Å². The van der Waals surface area contributed by atoms with Crippen molar-refractivity contribution in [3.63, 3.8) is 0 Å². The number of anilines is 3. The number of morpholine rings is 1. The van der Waals surface area contributed by atoms with Crippen LogP contribution in [0.3, 0.4) is 0 Å². The Bertz CT molecular complexity index is 3000. The first-order valence-electron chi connectivity index (χ1n) is 30.0. The topological polar surface area (TPSA) is 206 Å². The summed E-state index contributed by atoms with van der Waals surface area (Å²) in [5.41, 5.74) is 13.9. The maximum absolute atomic E-state index is 14.5. The zero-order valence-corrected chi connectivity index (χ0v) is 49.1. The molecule has 19 heteroatoms. The average Bonchev–Trinajstić information content (AvgIpc) is 4.37. The van der Waals surface area contributed by atoms with E-state index in [-0.39, 0.29) is 54.1 Å². The third kappa shape index (κ3) is 11.2. The maximum Gasteiger partial charge on any atom is 0.243 e. The number of fused-ring (bicyclic) bond motifs is 2. The van der Waals surface area contributed by atoms with Gasteiger partial charge in [0, 0.05) is 94.1 Å². The third-order valence-electron chi connectivity index (χ3n) is 20.0. The Morgan fingerprint density at radius 3 is 2.31 bits per heavy atom. The third-order valence-corrected chi connectivity index (χ3v) is 21.0. The summed E-state index contributed by atoms with van der Waals surface area (Å²) < 4.78 is 12.7. The molecule has 81 heavy (non-hydrogen) atoms. The summed E-state index contributed by atoms with van der Waals surface area (Å²) in [6.07, 6.45) is 9.13. The highest BCUT2D eigenvalue weighted by Crippen LogP contribution is 2.52. The molecular weight excluding hydrogens is 1040 g/mol. The van der Waals surface area contributed by atoms with Crippen LogP contribution in [-0.4, -0.2) is 176 Å². The molecule has 1 aliphatic carbocycles. The van der Waals surface area contributed by atoms with E-state index in [0.717, 1.165) is 111 Å². The number of aryl methyl sites for hydroxylation is 1. The molecule has 2 amide bonds. The number of likely N-dealkylation sites (tertiary alicyclic amines) is 2. The van der Waals surface area contributed by atoms with Crippen LogP contribution >= 0.6 is 11.3 Å². The van der Waals surface area contributed by atoms with Crippen molar-refractivity contribution < 1.29 is 29.1 Å². The van der Waals surface area contributed by atoms with Crippen LogP contribution in [0.2, 0.25) is 0 Å². The van der Waals surface area contributed by atoms with Crippen LogP contribution in [0.1, 0.15) is 121 Å². The number of amides is 2. The van der Waals surface area contributed by atoms with Crippen molar-refractivity contribution in [3.8, 4) is 27.4 Å². The van der Waals surface area contributed by atoms with Gasteiger partial charge < -0.3 is 50.1 Å². The zero-order chi connectivity index (χ0) is 56.3. The lowest BCUT2D eigenvalue weighted by Crippen LogP contribution is -2.68. The van der Waals surface area contributed by atoms with Gasteiger partial charge in [-0.25, -0.2) is 4.98 Å². The van der Waals surface area contributed by atoms with E-state index in [1.165, 1.54) is 38.8 Å². The van der Waals surface area contributed by atoms with E-state index < -0.39 is 18.1 Å². The van der Waals surface area contributed by atoms with Crippen molar-refractivity contribution in [2.75, 3.05) is 87.6 Å². The molecule has 6 saturated heterocycles. The summed E-state index contributed by atoms with van der Waals surface area (Å²) in [6, 6.07) is 19.6. The van der Waals surface area contributed by atoms with Gasteiger partial charge in [-0.3, -0.25) is 19.4 Å². The van der Waals surface area contributed by atoms with Gasteiger partial charge in [-0.15, -0.1) is 21.5 Å². The number of β-amino-alcohol motifs (C(OH)–C–C–N with tert-alkyl or cyclic N) is 1. The molecule has 7 atom stereocenters. The molecule has 2 aromatic carbocycles. The number of hydrogen-bond donors (Lipinski definition) is 4. The van der Waals surface area contributed by atoms with Crippen molar-refractivity contribution in [2.24, 2.45) is 17.3 Å². The van der Waals surface area contributed by atoms with E-state index in [1.807, 2.05) is 75.7 Å². The number of nitrogens with two attached hydrogens (primary N) is 1. The highest BCUT2D eigenvalue weighted by atomic mass is 32.1. The van der Waals surface area contributed by atoms with E-state index in [4.69, 9.17) is 15.0 Å². The number of phenols is 1. The smallest absolute Gasteiger partial charge is 0.243 e. The van der Waals surface area contributed by atoms with Gasteiger partial charge in [0.15, 0.2) is 17.4 Å². The number of phenolic OH excluding ortho intramolecular Hbond substituents is 1. The standard InChI is InChI=1S/C62H84N12O6S/c1-38(2)56(60(78)73-35-47(75)27-51(73)59(77)65-39(3)42-11-13-43(14-12-42)57-40(4)64-37-81-57)53-29-55(68-80-53)70-21-17-41(18-22-70)32-69-23-19-62(20-24-69)30-46(31-62)71-25-26-79-54(36-71)61(5,6)74-44-15-16-45(74)34-72(33-44)50-28-49(66-67-58(50)63)48-9-7-8-10-52(48)76/h7-14,28-29,37-39,41,44-47,51,54,56,75-76H,15-27,30-36H2,1-6H3,(H2,63,67)(H,65,77)/t39-,44?,45?,47+,51-,54-,56+/m0/s1. The van der Waals surface area contributed by atoms with Crippen LogP contribution in [0.25, 0.3) is 21.7 Å². The second kappa shape index (κ2) is 22.8. The number of hydrogen-bond acceptors (Lipinski definition) is 17. The van der Waals surface area contributed by atoms with Gasteiger partial charge in [0.05, 0.1) is 52.3 Å². The van der Waals surface area contributed by atoms with Gasteiger partial charge in [0.25, 0.3) is 0 Å². The first kappa shape index (κ1) is 55.8. The van der Waals surface area contributed by atoms with Crippen LogP contribution in [0.15, 0.2) is 70.7 Å². The molecule has 3 aromatic heterocycles. The molecule has 18 nitrogen and oxygen atoms in total. The number of ether oxygens (including phenoxy) is 1. The van der Waals surface area contributed by atoms with Gasteiger partial charge >= 0.3 is 0 Å². The molecule has 6 aliphatic heterocycles. The van der Waals surface area contributed by atoms with Crippen LogP contribution in [0.4, 0.5) is 17.3 Å². The van der Waals surface area contributed by atoms with Gasteiger partial charge in [0.2, 0.25) is 11.8 Å². The molecule has 12 rings (SSSR count). The molecule has 5 N–H and O–H groups in total. The summed E-state index contributed by atoms with van der Waals surface area (Å²) in [6.45, 7) is 22.6. The molecule has 1 spiro atoms. The fourth-order valence-electron chi connectivity index (χ4n) is 15.3. The SMILES string of the molecule is Cc1ncsc1-c1ccc([C@H](C)NC(=O)[C@@H]2C[C@@H](O)CN2C(=O)[C@@H](c2cc(N3CCC(CN4CCC5(CC4)CC(N4CCO[C@H](C(C)(C)N6C7CCC6CN(c6cc(-c8ccccc8O)nnc6N)C7)C4)C5)CC3)no2)C(C)C)cc1. The monoisotopic (exact) mass is 1120 g/mol. The number of piperidine rings is 2. The molecule has 7 fully saturated rings. The molecule has 1 saturated carbocycles. The number of nitrogens with zero attached hydrogens (tertiary/aromatic N) is 10. The van der Waals surface area contributed by atoms with E-state index in [9.17, 15) is 19.8 Å². The van der Waals surface area contributed by atoms with E-state index in [2.05, 4.69) is 76.1 Å². The molecule has 0 radical (unpaired) electrons. The number of benzene rings is 2. The van der Waals surface area contributed by atoms with E-state index in [1.54, 1.807) is 22.3 Å². The van der Waals surface area contributed by atoms with Crippen LogP contribution in [-0.2, 0) is 14.3 Å². The van der Waals surface area contributed by atoms with Crippen molar-refractivity contribution in [1.29, 1.82) is 0 Å². The predicted molar refractivity (Wildman–Crippen MR) is 315 cm³/mol. The number of carbonyl (C=O) groups excluding carboxylic acids is 2. The number of nitrogens with one attached hydrogen (secondary N) is 1. The van der Waals surface area contributed by atoms with Crippen molar-refractivity contribution in [2.45, 2.75) is 153 Å². The van der Waals surface area contributed by atoms with Crippen molar-refractivity contribution >= 4 is 40.5 Å². The van der Waals surface area contributed by atoms with Gasteiger partial charge in [-0.2, -0.15) is 0 Å². The first-order chi connectivity index (χ1) is 39.0. The number of para-hydroxylation sites is 1. The summed E-state index contributed by atoms with van der Waals surface area (Å²) in [7, 11) is 0. The van der Waals surface area contributed by atoms with Crippen molar-refractivity contribution in [1.82, 2.24) is 45.3 Å². The lowest BCUT2D eigenvalue weighted by Gasteiger charge is -2.58. The fraction of sp³-hybridized carbons (Fsp3) is 0.613. The molecule has 2 unspecified atom stereocenters. The Morgan fingerprint density at radius 2 is 1.62 bits per heavy atom. The quantitative estimate of drug-likeness (QED) is 0.0792. The summed E-state index contributed by atoms with van der Waals surface area (Å²) >= 11 is 1.61. The number of carbonyl (C=O) groups is 2. The molecule has 5 aromatic rings. The van der Waals surface area contributed by atoms with Crippen molar-refractivity contribution in [3.05, 3.63) is 83.2 Å². The van der Waals surface area contributed by atoms with Gasteiger partial charge in [0.1, 0.15) is 17.7 Å². The Hall–Kier alpha value is -5.70. The summed E-state index contributed by atoms with van der Waals surface area (Å²) in [5, 5.41) is 37.7. The predicted octanol–water partition coefficient (Wildman–Crippen LogP) is 7.72. The zero-order valence-electron chi connectivity index (χ0n) is 48.3. The number of rotatable bonds is 15. The molecule has 9 heterocycles. The normalized spacial score (nSPS) is 25.9. The Morgan fingerprint density at radius 1 is 0.889 bits per heavy atom. The fourth-order valence-corrected chi connectivity index (χ4v) is 16.1. The highest BCUT2D eigenvalue weighted by molar-refractivity contribution is 7.13. The van der Waals surface area contributed by atoms with Crippen LogP contribution in [0.5, 0.6) is 5.75 Å². The minimum atomic E-state index is -0.796. The number of thiazole rings is 1. The lowest BCUT2D eigenvalue weighted by molar-refractivity contribution is -0.144. The first-order valence-corrected chi connectivity index (χ1v) is 30.9. The van der Waals surface area contributed by atoms with Crippen LogP contribution < -0.4 is 20.9 Å². The van der Waals surface area contributed by atoms with Crippen LogP contribution in [0, 0.1) is 24.2 Å². The molecular formula is C62H84N12O6S. The molecule has 434 valence electrons. The summed E-state index contributed by atoms with van der Waals surface area (Å²) in [4.78, 5) is 48.3. The maximum atomic E-state index is 14.5. The summed E-state index contributed by atoms with van der Waals surface area (Å²) in [5.74, 6) is 1.24. The molecule has 2 bridgehead atoms. The number of piperazine rings is 1. The molecule has 7 aliphatic rings. The van der Waals surface area contributed by atoms with Gasteiger partial charge in [-0.1, -0.05) is 55.4 Å².